The zero-order chi connectivity index (χ0) is 12.1. The summed E-state index contributed by atoms with van der Waals surface area (Å²) in [5, 5.41) is 10.8. The number of hydrogen-bond donors (Lipinski definition) is 1. The van der Waals surface area contributed by atoms with Crippen LogP contribution in [0.15, 0.2) is 18.2 Å². The van der Waals surface area contributed by atoms with Crippen LogP contribution in [-0.2, 0) is 0 Å². The first kappa shape index (κ1) is 13.5. The maximum atomic E-state index is 10.1. The molecule has 0 aliphatic carbocycles. The Labute approximate surface area is 103 Å². The normalized spacial score (nSPS) is 13.1. The van der Waals surface area contributed by atoms with Crippen molar-refractivity contribution < 1.29 is 5.11 Å². The largest absolute Gasteiger partial charge is 0.388 e. The molecule has 1 aromatic carbocycles. The third kappa shape index (κ3) is 4.15. The molecule has 90 valence electrons. The fourth-order valence-electron chi connectivity index (χ4n) is 1.89. The molecule has 0 saturated heterocycles. The Morgan fingerprint density at radius 1 is 1.25 bits per heavy atom. The van der Waals surface area contributed by atoms with E-state index in [1.807, 2.05) is 25.1 Å². The first-order valence-electron chi connectivity index (χ1n) is 5.95. The van der Waals surface area contributed by atoms with Gasteiger partial charge in [-0.3, -0.25) is 0 Å². The van der Waals surface area contributed by atoms with Crippen molar-refractivity contribution in [3.05, 3.63) is 34.3 Å². The van der Waals surface area contributed by atoms with E-state index >= 15 is 0 Å². The first-order chi connectivity index (χ1) is 7.50. The molecule has 0 aliphatic heterocycles. The van der Waals surface area contributed by atoms with Gasteiger partial charge in [-0.25, -0.2) is 0 Å². The van der Waals surface area contributed by atoms with Gasteiger partial charge in [0.15, 0.2) is 0 Å². The maximum absolute atomic E-state index is 10.1. The fraction of sp³-hybridized carbons (Fsp3) is 0.571. The zero-order valence-corrected chi connectivity index (χ0v) is 11.1. The van der Waals surface area contributed by atoms with E-state index in [1.54, 1.807) is 0 Å². The quantitative estimate of drug-likeness (QED) is 0.803. The van der Waals surface area contributed by atoms with E-state index in [0.29, 0.717) is 5.92 Å². The molecule has 16 heavy (non-hydrogen) atoms. The Bertz CT molecular complexity index is 334. The molecule has 0 radical (unpaired) electrons. The number of benzene rings is 1. The lowest BCUT2D eigenvalue weighted by atomic mass is 9.97. The van der Waals surface area contributed by atoms with E-state index in [2.05, 4.69) is 13.8 Å². The van der Waals surface area contributed by atoms with Crippen LogP contribution in [0.4, 0.5) is 0 Å². The number of aliphatic hydroxyl groups excluding tert-OH is 1. The molecule has 1 atom stereocenters. The van der Waals surface area contributed by atoms with Gasteiger partial charge in [0.1, 0.15) is 0 Å². The van der Waals surface area contributed by atoms with Crippen molar-refractivity contribution in [3.8, 4) is 0 Å². The second-order valence-electron chi connectivity index (χ2n) is 4.84. The predicted octanol–water partition coefficient (Wildman–Crippen LogP) is 4.51. The van der Waals surface area contributed by atoms with Gasteiger partial charge >= 0.3 is 0 Å². The lowest BCUT2D eigenvalue weighted by Gasteiger charge is -2.14. The van der Waals surface area contributed by atoms with Gasteiger partial charge < -0.3 is 5.11 Å². The average Bonchev–Trinajstić information content (AvgIpc) is 2.16. The molecule has 1 aromatic rings. The van der Waals surface area contributed by atoms with Crippen LogP contribution < -0.4 is 0 Å². The van der Waals surface area contributed by atoms with Crippen molar-refractivity contribution in [2.75, 3.05) is 0 Å². The van der Waals surface area contributed by atoms with Gasteiger partial charge in [0.05, 0.1) is 6.10 Å². The standard InChI is InChI=1S/C14H21ClO/c1-10(2)5-4-6-14(16)13-8-7-12(15)9-11(13)3/h7-10,14,16H,4-6H2,1-3H3. The van der Waals surface area contributed by atoms with Gasteiger partial charge in [-0.2, -0.15) is 0 Å². The summed E-state index contributed by atoms with van der Waals surface area (Å²) in [5.41, 5.74) is 2.08. The van der Waals surface area contributed by atoms with Crippen LogP contribution in [0.25, 0.3) is 0 Å². The van der Waals surface area contributed by atoms with E-state index < -0.39 is 0 Å². The molecular weight excluding hydrogens is 220 g/mol. The summed E-state index contributed by atoms with van der Waals surface area (Å²) in [7, 11) is 0. The highest BCUT2D eigenvalue weighted by Gasteiger charge is 2.10. The van der Waals surface area contributed by atoms with E-state index in [9.17, 15) is 5.11 Å². The molecular formula is C14H21ClO. The number of rotatable bonds is 5. The molecule has 0 heterocycles. The predicted molar refractivity (Wildman–Crippen MR) is 69.8 cm³/mol. The molecule has 1 nitrogen and oxygen atoms in total. The maximum Gasteiger partial charge on any atom is 0.0792 e. The summed E-state index contributed by atoms with van der Waals surface area (Å²) in [6.07, 6.45) is 2.72. The highest BCUT2D eigenvalue weighted by atomic mass is 35.5. The smallest absolute Gasteiger partial charge is 0.0792 e. The van der Waals surface area contributed by atoms with Gasteiger partial charge in [0.2, 0.25) is 0 Å². The summed E-state index contributed by atoms with van der Waals surface area (Å²) in [5.74, 6) is 0.707. The lowest BCUT2D eigenvalue weighted by molar-refractivity contribution is 0.161. The molecule has 0 bridgehead atoms. The molecule has 2 heteroatoms. The van der Waals surface area contributed by atoms with Crippen molar-refractivity contribution in [1.82, 2.24) is 0 Å². The van der Waals surface area contributed by atoms with Crippen LogP contribution in [0.5, 0.6) is 0 Å². The summed E-state index contributed by atoms with van der Waals surface area (Å²) in [4.78, 5) is 0. The minimum absolute atomic E-state index is 0.351. The molecule has 0 aromatic heterocycles. The Hall–Kier alpha value is -0.530. The topological polar surface area (TPSA) is 20.2 Å². The van der Waals surface area contributed by atoms with Gasteiger partial charge in [0, 0.05) is 5.02 Å². The number of hydrogen-bond acceptors (Lipinski definition) is 1. The second-order valence-corrected chi connectivity index (χ2v) is 5.28. The second kappa shape index (κ2) is 6.27. The summed E-state index contributed by atoms with van der Waals surface area (Å²) < 4.78 is 0. The van der Waals surface area contributed by atoms with Crippen molar-refractivity contribution in [3.63, 3.8) is 0 Å². The van der Waals surface area contributed by atoms with E-state index in [1.165, 1.54) is 6.42 Å². The Morgan fingerprint density at radius 2 is 1.94 bits per heavy atom. The minimum atomic E-state index is -0.351. The molecule has 0 fully saturated rings. The third-order valence-electron chi connectivity index (χ3n) is 2.85. The number of aliphatic hydroxyl groups is 1. The summed E-state index contributed by atoms with van der Waals surface area (Å²) in [6.45, 7) is 6.41. The molecule has 1 unspecified atom stereocenters. The van der Waals surface area contributed by atoms with Crippen molar-refractivity contribution in [2.45, 2.75) is 46.1 Å². The first-order valence-corrected chi connectivity index (χ1v) is 6.32. The van der Waals surface area contributed by atoms with Gasteiger partial charge in [0.25, 0.3) is 0 Å². The average molecular weight is 241 g/mol. The number of halogens is 1. The Morgan fingerprint density at radius 3 is 2.50 bits per heavy atom. The van der Waals surface area contributed by atoms with E-state index in [0.717, 1.165) is 29.0 Å². The molecule has 0 aliphatic rings. The van der Waals surface area contributed by atoms with Crippen LogP contribution >= 0.6 is 11.6 Å². The van der Waals surface area contributed by atoms with Gasteiger partial charge in [-0.05, 0) is 42.5 Å². The van der Waals surface area contributed by atoms with Crippen molar-refractivity contribution in [1.29, 1.82) is 0 Å². The highest BCUT2D eigenvalue weighted by molar-refractivity contribution is 6.30. The van der Waals surface area contributed by atoms with E-state index in [-0.39, 0.29) is 6.10 Å². The Kier molecular flexibility index (Phi) is 5.30. The molecule has 0 spiro atoms. The lowest BCUT2D eigenvalue weighted by Crippen LogP contribution is -2.01. The van der Waals surface area contributed by atoms with Crippen molar-refractivity contribution in [2.24, 2.45) is 5.92 Å². The Balaban J connectivity index is 2.55. The molecule has 0 saturated carbocycles. The molecule has 1 rings (SSSR count). The third-order valence-corrected chi connectivity index (χ3v) is 3.08. The van der Waals surface area contributed by atoms with Crippen LogP contribution in [-0.4, -0.2) is 5.11 Å². The van der Waals surface area contributed by atoms with Crippen LogP contribution in [0.2, 0.25) is 5.02 Å². The monoisotopic (exact) mass is 240 g/mol. The summed E-state index contributed by atoms with van der Waals surface area (Å²) in [6, 6.07) is 5.68. The van der Waals surface area contributed by atoms with Crippen LogP contribution in [0, 0.1) is 12.8 Å². The van der Waals surface area contributed by atoms with Crippen LogP contribution in [0.3, 0.4) is 0 Å². The van der Waals surface area contributed by atoms with Crippen molar-refractivity contribution >= 4 is 11.6 Å². The van der Waals surface area contributed by atoms with Gasteiger partial charge in [-0.1, -0.05) is 44.4 Å². The van der Waals surface area contributed by atoms with Crippen LogP contribution in [0.1, 0.15) is 50.3 Å². The number of aryl methyl sites for hydroxylation is 1. The highest BCUT2D eigenvalue weighted by Crippen LogP contribution is 2.25. The minimum Gasteiger partial charge on any atom is -0.388 e. The van der Waals surface area contributed by atoms with E-state index in [4.69, 9.17) is 11.6 Å². The SMILES string of the molecule is Cc1cc(Cl)ccc1C(O)CCCC(C)C. The molecule has 0 amide bonds. The fourth-order valence-corrected chi connectivity index (χ4v) is 2.11. The molecule has 1 N–H and O–H groups in total. The zero-order valence-electron chi connectivity index (χ0n) is 10.3. The summed E-state index contributed by atoms with van der Waals surface area (Å²) >= 11 is 5.89. The van der Waals surface area contributed by atoms with Gasteiger partial charge in [-0.15, -0.1) is 0 Å².